The van der Waals surface area contributed by atoms with Crippen LogP contribution in [0.3, 0.4) is 0 Å². The van der Waals surface area contributed by atoms with Gasteiger partial charge in [-0.25, -0.2) is 0 Å². The van der Waals surface area contributed by atoms with Crippen LogP contribution in [0.25, 0.3) is 0 Å². The Bertz CT molecular complexity index is 2210. The fraction of sp³-hybridized carbons (Fsp3) is 0.150. The van der Waals surface area contributed by atoms with Crippen LogP contribution in [0.1, 0.15) is 90.0 Å². The number of hydrogen-bond acceptors (Lipinski definition) is 0. The third-order valence-corrected chi connectivity index (χ3v) is 11.1. The summed E-state index contributed by atoms with van der Waals surface area (Å²) in [6.07, 6.45) is 7.68. The molecule has 2 nitrogen and oxygen atoms in total. The summed E-state index contributed by atoms with van der Waals surface area (Å²) in [5.41, 5.74) is 20.2. The smallest absolute Gasteiger partial charge is 0.130 e. The highest BCUT2D eigenvalue weighted by Gasteiger charge is 2.69. The highest BCUT2D eigenvalue weighted by molar-refractivity contribution is 5.70. The van der Waals surface area contributed by atoms with Crippen molar-refractivity contribution >= 4 is 0 Å². The van der Waals surface area contributed by atoms with Crippen molar-refractivity contribution in [1.29, 1.82) is 0 Å². The molecule has 3 aliphatic carbocycles. The Morgan fingerprint density at radius 1 is 0.452 bits per heavy atom. The zero-order valence-electron chi connectivity index (χ0n) is 23.2. The molecule has 0 saturated heterocycles. The fourth-order valence-corrected chi connectivity index (χ4v) is 9.71. The molecule has 3 atom stereocenters. The van der Waals surface area contributed by atoms with E-state index < -0.39 is 5.66 Å². The van der Waals surface area contributed by atoms with Crippen LogP contribution in [0.2, 0.25) is 0 Å². The maximum absolute atomic E-state index is 2.72. The van der Waals surface area contributed by atoms with Gasteiger partial charge in [0.15, 0.2) is 18.1 Å². The summed E-state index contributed by atoms with van der Waals surface area (Å²) < 4.78 is 5.36. The highest BCUT2D eigenvalue weighted by Crippen LogP contribution is 2.58. The van der Waals surface area contributed by atoms with Gasteiger partial charge in [-0.05, 0) is 62.6 Å². The van der Waals surface area contributed by atoms with Crippen molar-refractivity contribution in [1.82, 2.24) is 0 Å². The Labute approximate surface area is 245 Å². The Hall–Kier alpha value is -4.82. The molecule has 2 aliphatic heterocycles. The molecule has 0 bridgehead atoms. The van der Waals surface area contributed by atoms with Gasteiger partial charge in [0.05, 0.1) is 12.3 Å². The molecule has 0 N–H and O–H groups in total. The van der Waals surface area contributed by atoms with E-state index in [4.69, 9.17) is 0 Å². The number of pyridine rings is 2. The van der Waals surface area contributed by atoms with Crippen LogP contribution in [0.15, 0.2) is 122 Å². The average Bonchev–Trinajstić information content (AvgIpc) is 3.04. The van der Waals surface area contributed by atoms with E-state index in [1.807, 2.05) is 0 Å². The van der Waals surface area contributed by atoms with Crippen molar-refractivity contribution < 1.29 is 9.13 Å². The summed E-state index contributed by atoms with van der Waals surface area (Å²) in [7, 11) is 0. The zero-order valence-corrected chi connectivity index (χ0v) is 23.2. The van der Waals surface area contributed by atoms with Crippen LogP contribution in [-0.2, 0) is 24.9 Å². The normalized spacial score (nSPS) is 22.1. The maximum Gasteiger partial charge on any atom is 0.416 e. The van der Waals surface area contributed by atoms with E-state index in [0.29, 0.717) is 0 Å². The Morgan fingerprint density at radius 2 is 1.12 bits per heavy atom. The van der Waals surface area contributed by atoms with Gasteiger partial charge in [-0.3, -0.25) is 0 Å². The minimum absolute atomic E-state index is 0.221. The largest absolute Gasteiger partial charge is 0.416 e. The SMILES string of the molecule is c1ccc2c(c1)Cc1ccc3c4c1C2c1cccc2c1C4([n+]1ccccc1C2)[n+]1cccc2c1C3c1ccccc1C2. The quantitative estimate of drug-likeness (QED) is 0.202. The number of hydrogen-bond donors (Lipinski definition) is 0. The molecule has 42 heavy (non-hydrogen) atoms. The lowest BCUT2D eigenvalue weighted by Gasteiger charge is -2.47. The molecule has 11 rings (SSSR count). The van der Waals surface area contributed by atoms with Crippen LogP contribution in [0, 0.1) is 0 Å². The standard InChI is InChI=1S/C40H28N2/c1-3-14-30-24(9-1)21-26-17-18-33-36-31-15-4-2-10-25(31)22-28-12-8-20-42(39(28)36)40-37-27(23-29-13-5-6-19-41(29)40)11-7-16-32(37)35(30)34(26)38(33)40/h1-20,35-36H,21-23H2/q+2. The first-order valence-electron chi connectivity index (χ1n) is 15.3. The molecule has 2 aromatic heterocycles. The van der Waals surface area contributed by atoms with E-state index >= 15 is 0 Å². The first kappa shape index (κ1) is 21.9. The lowest BCUT2D eigenvalue weighted by molar-refractivity contribution is -0.980. The van der Waals surface area contributed by atoms with E-state index in [1.54, 1.807) is 5.56 Å². The van der Waals surface area contributed by atoms with Crippen molar-refractivity contribution in [3.63, 3.8) is 0 Å². The second kappa shape index (κ2) is 7.33. The maximum atomic E-state index is 2.72. The molecule has 3 unspecified atom stereocenters. The topological polar surface area (TPSA) is 7.76 Å². The third-order valence-electron chi connectivity index (χ3n) is 11.1. The van der Waals surface area contributed by atoms with Gasteiger partial charge in [-0.2, -0.15) is 0 Å². The fourth-order valence-electron chi connectivity index (χ4n) is 9.71. The first-order chi connectivity index (χ1) is 20.8. The zero-order chi connectivity index (χ0) is 27.2. The molecule has 4 heterocycles. The molecule has 0 fully saturated rings. The molecule has 5 aliphatic rings. The Morgan fingerprint density at radius 3 is 2.00 bits per heavy atom. The Balaban J connectivity index is 1.40. The molecular weight excluding hydrogens is 508 g/mol. The van der Waals surface area contributed by atoms with Crippen LogP contribution in [0.5, 0.6) is 0 Å². The summed E-state index contributed by atoms with van der Waals surface area (Å²) in [4.78, 5) is 0. The lowest BCUT2D eigenvalue weighted by Crippen LogP contribution is -2.81. The minimum atomic E-state index is -0.460. The van der Waals surface area contributed by atoms with Gasteiger partial charge in [0.1, 0.15) is 11.1 Å². The summed E-state index contributed by atoms with van der Waals surface area (Å²) in [5, 5.41) is 0. The number of fused-ring (bicyclic) bond motifs is 7. The van der Waals surface area contributed by atoms with E-state index in [1.165, 1.54) is 72.6 Å². The summed E-state index contributed by atoms with van der Waals surface area (Å²) in [6.45, 7) is 0. The molecule has 2 heteroatoms. The van der Waals surface area contributed by atoms with Gasteiger partial charge < -0.3 is 0 Å². The van der Waals surface area contributed by atoms with Crippen molar-refractivity contribution in [2.24, 2.45) is 0 Å². The molecule has 4 aromatic carbocycles. The summed E-state index contributed by atoms with van der Waals surface area (Å²) >= 11 is 0. The molecule has 0 amide bonds. The average molecular weight is 537 g/mol. The van der Waals surface area contributed by atoms with E-state index in [2.05, 4.69) is 131 Å². The molecule has 0 saturated carbocycles. The van der Waals surface area contributed by atoms with E-state index in [0.717, 1.165) is 19.3 Å². The second-order valence-electron chi connectivity index (χ2n) is 12.8. The third kappa shape index (κ3) is 2.32. The van der Waals surface area contributed by atoms with Gasteiger partial charge in [-0.15, -0.1) is 9.13 Å². The second-order valence-corrected chi connectivity index (χ2v) is 12.8. The van der Waals surface area contributed by atoms with Gasteiger partial charge >= 0.3 is 5.66 Å². The van der Waals surface area contributed by atoms with Crippen molar-refractivity contribution in [2.75, 3.05) is 0 Å². The van der Waals surface area contributed by atoms with Gasteiger partial charge in [-0.1, -0.05) is 84.9 Å². The molecule has 6 aromatic rings. The number of rotatable bonds is 0. The predicted octanol–water partition coefficient (Wildman–Crippen LogP) is 6.26. The van der Waals surface area contributed by atoms with Crippen molar-refractivity contribution in [3.8, 4) is 0 Å². The van der Waals surface area contributed by atoms with Crippen molar-refractivity contribution in [2.45, 2.75) is 36.8 Å². The number of aromatic nitrogens is 2. The first-order valence-corrected chi connectivity index (χ1v) is 15.3. The van der Waals surface area contributed by atoms with Crippen LogP contribution in [-0.4, -0.2) is 0 Å². The minimum Gasteiger partial charge on any atom is -0.130 e. The van der Waals surface area contributed by atoms with Crippen LogP contribution < -0.4 is 9.13 Å². The molecular formula is C40H28N2+2. The summed E-state index contributed by atoms with van der Waals surface area (Å²) in [6, 6.07) is 42.0. The van der Waals surface area contributed by atoms with Crippen molar-refractivity contribution in [3.05, 3.63) is 200 Å². The molecule has 196 valence electrons. The lowest BCUT2D eigenvalue weighted by atomic mass is 9.58. The Kier molecular flexibility index (Phi) is 3.81. The van der Waals surface area contributed by atoms with Crippen LogP contribution in [0.4, 0.5) is 0 Å². The van der Waals surface area contributed by atoms with Crippen LogP contribution >= 0.6 is 0 Å². The van der Waals surface area contributed by atoms with Gasteiger partial charge in [0.25, 0.3) is 0 Å². The summed E-state index contributed by atoms with van der Waals surface area (Å²) in [5.74, 6) is 0.469. The highest BCUT2D eigenvalue weighted by atomic mass is 15.3. The predicted molar refractivity (Wildman–Crippen MR) is 161 cm³/mol. The monoisotopic (exact) mass is 536 g/mol. The van der Waals surface area contributed by atoms with E-state index in [-0.39, 0.29) is 11.8 Å². The van der Waals surface area contributed by atoms with E-state index in [9.17, 15) is 0 Å². The van der Waals surface area contributed by atoms with Gasteiger partial charge in [0.2, 0.25) is 5.69 Å². The number of benzene rings is 4. The molecule has 0 radical (unpaired) electrons. The van der Waals surface area contributed by atoms with Gasteiger partial charge in [0, 0.05) is 36.1 Å². The molecule has 1 spiro atoms. The number of nitrogens with zero attached hydrogens (tertiary/aromatic N) is 2.